The van der Waals surface area contributed by atoms with Crippen molar-refractivity contribution < 1.29 is 14.4 Å². The number of fused-ring (bicyclic) bond motifs is 1. The van der Waals surface area contributed by atoms with Crippen molar-refractivity contribution in [3.63, 3.8) is 0 Å². The first kappa shape index (κ1) is 23.4. The van der Waals surface area contributed by atoms with E-state index < -0.39 is 17.5 Å². The predicted molar refractivity (Wildman–Crippen MR) is 134 cm³/mol. The minimum Gasteiger partial charge on any atom is -0.330 e. The second kappa shape index (κ2) is 9.36. The quantitative estimate of drug-likeness (QED) is 0.503. The Hall–Kier alpha value is -3.35. The SMILES string of the molecule is Cc1ccc2c(c1C)C(=O)N(CC1(C#Cc3ccc(CN4CCSCC4)nc3)NC(=O)NC1=O)C2. The van der Waals surface area contributed by atoms with Crippen molar-refractivity contribution >= 4 is 29.6 Å². The van der Waals surface area contributed by atoms with Gasteiger partial charge in [0.1, 0.15) is 0 Å². The highest BCUT2D eigenvalue weighted by Crippen LogP contribution is 2.29. The van der Waals surface area contributed by atoms with Crippen LogP contribution < -0.4 is 10.6 Å². The molecule has 0 saturated carbocycles. The van der Waals surface area contributed by atoms with Crippen LogP contribution in [0.3, 0.4) is 0 Å². The number of urea groups is 1. The molecule has 0 spiro atoms. The molecular formula is C26H27N5O3S. The maximum Gasteiger partial charge on any atom is 0.323 e. The Morgan fingerprint density at radius 2 is 1.91 bits per heavy atom. The van der Waals surface area contributed by atoms with E-state index in [0.29, 0.717) is 17.7 Å². The number of carbonyl (C=O) groups excluding carboxylic acids is 3. The lowest BCUT2D eigenvalue weighted by Crippen LogP contribution is -2.54. The highest BCUT2D eigenvalue weighted by atomic mass is 32.2. The van der Waals surface area contributed by atoms with Gasteiger partial charge in [-0.1, -0.05) is 24.0 Å². The molecule has 9 heteroatoms. The number of rotatable bonds is 4. The molecule has 0 aliphatic carbocycles. The van der Waals surface area contributed by atoms with E-state index in [2.05, 4.69) is 32.4 Å². The Morgan fingerprint density at radius 1 is 1.11 bits per heavy atom. The smallest absolute Gasteiger partial charge is 0.323 e. The summed E-state index contributed by atoms with van der Waals surface area (Å²) < 4.78 is 0. The second-order valence-electron chi connectivity index (χ2n) is 9.19. The van der Waals surface area contributed by atoms with Gasteiger partial charge in [-0.2, -0.15) is 11.8 Å². The third-order valence-electron chi connectivity index (χ3n) is 6.79. The lowest BCUT2D eigenvalue weighted by Gasteiger charge is -2.26. The molecule has 2 saturated heterocycles. The third kappa shape index (κ3) is 4.64. The molecule has 4 amide bonds. The molecule has 3 aliphatic heterocycles. The fourth-order valence-corrected chi connectivity index (χ4v) is 5.62. The minimum absolute atomic E-state index is 0.0396. The van der Waals surface area contributed by atoms with E-state index in [1.165, 1.54) is 0 Å². The number of hydrogen-bond acceptors (Lipinski definition) is 6. The van der Waals surface area contributed by atoms with Gasteiger partial charge in [0.05, 0.1) is 12.2 Å². The van der Waals surface area contributed by atoms with Crippen molar-refractivity contribution in [2.45, 2.75) is 32.5 Å². The number of amides is 4. The number of nitrogens with zero attached hydrogens (tertiary/aromatic N) is 3. The summed E-state index contributed by atoms with van der Waals surface area (Å²) in [4.78, 5) is 46.6. The lowest BCUT2D eigenvalue weighted by molar-refractivity contribution is -0.122. The molecule has 3 aliphatic rings. The molecular weight excluding hydrogens is 462 g/mol. The molecule has 1 atom stereocenters. The van der Waals surface area contributed by atoms with Crippen LogP contribution >= 0.6 is 11.8 Å². The van der Waals surface area contributed by atoms with Crippen LogP contribution in [0.2, 0.25) is 0 Å². The molecule has 5 rings (SSSR count). The van der Waals surface area contributed by atoms with Crippen molar-refractivity contribution in [1.29, 1.82) is 0 Å². The number of thioether (sulfide) groups is 1. The summed E-state index contributed by atoms with van der Waals surface area (Å²) in [5, 5.41) is 4.93. The summed E-state index contributed by atoms with van der Waals surface area (Å²) in [7, 11) is 0. The van der Waals surface area contributed by atoms with Crippen molar-refractivity contribution in [2.24, 2.45) is 0 Å². The molecule has 1 aromatic heterocycles. The summed E-state index contributed by atoms with van der Waals surface area (Å²) in [5.41, 5.74) is 3.64. The Kier molecular flexibility index (Phi) is 6.26. The van der Waals surface area contributed by atoms with E-state index >= 15 is 0 Å². The third-order valence-corrected chi connectivity index (χ3v) is 7.73. The molecule has 0 bridgehead atoms. The zero-order valence-electron chi connectivity index (χ0n) is 19.8. The summed E-state index contributed by atoms with van der Waals surface area (Å²) in [5.74, 6) is 7.52. The van der Waals surface area contributed by atoms with Crippen LogP contribution in [0, 0.1) is 25.7 Å². The second-order valence-corrected chi connectivity index (χ2v) is 10.4. The average molecular weight is 490 g/mol. The largest absolute Gasteiger partial charge is 0.330 e. The van der Waals surface area contributed by atoms with Gasteiger partial charge in [-0.3, -0.25) is 24.8 Å². The fraction of sp³-hybridized carbons (Fsp3) is 0.385. The van der Waals surface area contributed by atoms with Crippen LogP contribution in [0.15, 0.2) is 30.5 Å². The molecule has 1 aromatic carbocycles. The number of aromatic nitrogens is 1. The van der Waals surface area contributed by atoms with Crippen LogP contribution in [-0.2, 0) is 17.9 Å². The van der Waals surface area contributed by atoms with Gasteiger partial charge < -0.3 is 10.2 Å². The maximum atomic E-state index is 13.2. The number of imide groups is 1. The van der Waals surface area contributed by atoms with Crippen LogP contribution in [0.4, 0.5) is 4.79 Å². The Labute approximate surface area is 208 Å². The number of hydrogen-bond donors (Lipinski definition) is 2. The number of nitrogens with one attached hydrogen (secondary N) is 2. The fourth-order valence-electron chi connectivity index (χ4n) is 4.64. The van der Waals surface area contributed by atoms with Gasteiger partial charge in [0.2, 0.25) is 5.54 Å². The van der Waals surface area contributed by atoms with E-state index in [4.69, 9.17) is 0 Å². The van der Waals surface area contributed by atoms with E-state index in [0.717, 1.165) is 53.5 Å². The monoisotopic (exact) mass is 489 g/mol. The molecule has 180 valence electrons. The summed E-state index contributed by atoms with van der Waals surface area (Å²) in [6, 6.07) is 7.13. The van der Waals surface area contributed by atoms with Crippen molar-refractivity contribution in [2.75, 3.05) is 31.1 Å². The summed E-state index contributed by atoms with van der Waals surface area (Å²) in [6.45, 7) is 7.14. The van der Waals surface area contributed by atoms with Gasteiger partial charge in [-0.25, -0.2) is 4.79 Å². The minimum atomic E-state index is -1.53. The molecule has 4 heterocycles. The van der Waals surface area contributed by atoms with E-state index in [9.17, 15) is 14.4 Å². The standard InChI is InChI=1S/C26H27N5O3S/c1-17-3-5-20-14-31(23(32)22(20)18(17)2)16-26(24(33)28-25(34)29-26)8-7-19-4-6-21(27-13-19)15-30-9-11-35-12-10-30/h3-6,13H,9-12,14-16H2,1-2H3,(H2,28,29,33,34). The Morgan fingerprint density at radius 3 is 2.60 bits per heavy atom. The normalized spacial score (nSPS) is 21.9. The molecule has 0 radical (unpaired) electrons. The van der Waals surface area contributed by atoms with E-state index in [1.54, 1.807) is 11.1 Å². The molecule has 2 fully saturated rings. The highest BCUT2D eigenvalue weighted by Gasteiger charge is 2.48. The van der Waals surface area contributed by atoms with Gasteiger partial charge >= 0.3 is 6.03 Å². The number of benzene rings is 1. The number of aryl methyl sites for hydroxylation is 1. The molecule has 8 nitrogen and oxygen atoms in total. The van der Waals surface area contributed by atoms with Gasteiger partial charge in [-0.05, 0) is 42.7 Å². The lowest BCUT2D eigenvalue weighted by atomic mass is 9.99. The van der Waals surface area contributed by atoms with E-state index in [-0.39, 0.29) is 12.5 Å². The first-order valence-electron chi connectivity index (χ1n) is 11.6. The molecule has 2 N–H and O–H groups in total. The predicted octanol–water partition coefficient (Wildman–Crippen LogP) is 1.83. The zero-order chi connectivity index (χ0) is 24.6. The molecule has 35 heavy (non-hydrogen) atoms. The van der Waals surface area contributed by atoms with Gasteiger partial charge in [-0.15, -0.1) is 0 Å². The average Bonchev–Trinajstić information content (AvgIpc) is 3.31. The first-order chi connectivity index (χ1) is 16.8. The Balaban J connectivity index is 1.36. The topological polar surface area (TPSA) is 94.6 Å². The highest BCUT2D eigenvalue weighted by molar-refractivity contribution is 7.99. The van der Waals surface area contributed by atoms with Crippen molar-refractivity contribution in [3.8, 4) is 11.8 Å². The summed E-state index contributed by atoms with van der Waals surface area (Å²) >= 11 is 1.97. The Bertz CT molecular complexity index is 1260. The van der Waals surface area contributed by atoms with E-state index in [1.807, 2.05) is 49.9 Å². The van der Waals surface area contributed by atoms with Crippen LogP contribution in [0.25, 0.3) is 0 Å². The zero-order valence-corrected chi connectivity index (χ0v) is 20.6. The maximum absolute atomic E-state index is 13.2. The van der Waals surface area contributed by atoms with Gasteiger partial charge in [0, 0.05) is 55.0 Å². The number of pyridine rings is 1. The van der Waals surface area contributed by atoms with Crippen LogP contribution in [0.1, 0.15) is 38.3 Å². The summed E-state index contributed by atoms with van der Waals surface area (Å²) in [6.07, 6.45) is 1.69. The van der Waals surface area contributed by atoms with Crippen molar-refractivity contribution in [3.05, 3.63) is 64.0 Å². The van der Waals surface area contributed by atoms with Crippen molar-refractivity contribution in [1.82, 2.24) is 25.4 Å². The molecule has 1 unspecified atom stereocenters. The van der Waals surface area contributed by atoms with Crippen LogP contribution in [-0.4, -0.2) is 69.3 Å². The van der Waals surface area contributed by atoms with Gasteiger partial charge in [0.15, 0.2) is 0 Å². The molecule has 2 aromatic rings. The first-order valence-corrected chi connectivity index (χ1v) is 12.8. The number of carbonyl (C=O) groups is 3. The van der Waals surface area contributed by atoms with Crippen LogP contribution in [0.5, 0.6) is 0 Å². The van der Waals surface area contributed by atoms with Gasteiger partial charge in [0.25, 0.3) is 11.8 Å².